The SMILES string of the molecule is O=C(COc1ccccc1[C@H]1c2sc(=O)[nH]c2SC2C3CC(C4C(=O)N(c5ccccc5)C(=O)C34)C21)N1CCCCC1. The molecule has 2 aliphatic carbocycles. The van der Waals surface area contributed by atoms with Crippen molar-refractivity contribution in [2.75, 3.05) is 24.6 Å². The molecule has 8 rings (SSSR count). The van der Waals surface area contributed by atoms with Crippen molar-refractivity contribution in [2.45, 2.75) is 41.9 Å². The van der Waals surface area contributed by atoms with Crippen molar-refractivity contribution in [1.29, 1.82) is 0 Å². The van der Waals surface area contributed by atoms with Gasteiger partial charge in [0.1, 0.15) is 5.75 Å². The summed E-state index contributed by atoms with van der Waals surface area (Å²) in [7, 11) is 0. The molecule has 1 aromatic heterocycles. The Morgan fingerprint density at radius 2 is 1.62 bits per heavy atom. The van der Waals surface area contributed by atoms with Gasteiger partial charge >= 0.3 is 4.87 Å². The third-order valence-electron chi connectivity index (χ3n) is 10.1. The van der Waals surface area contributed by atoms with Crippen molar-refractivity contribution < 1.29 is 19.1 Å². The second kappa shape index (κ2) is 10.1. The second-order valence-electron chi connectivity index (χ2n) is 12.1. The molecule has 6 unspecified atom stereocenters. The van der Waals surface area contributed by atoms with E-state index in [0.717, 1.165) is 54.2 Å². The molecule has 5 aliphatic rings. The lowest BCUT2D eigenvalue weighted by Gasteiger charge is -2.43. The van der Waals surface area contributed by atoms with Crippen LogP contribution in [0.2, 0.25) is 0 Å². The summed E-state index contributed by atoms with van der Waals surface area (Å²) in [6.07, 6.45) is 4.02. The smallest absolute Gasteiger partial charge is 0.305 e. The van der Waals surface area contributed by atoms with Crippen LogP contribution in [0.1, 0.15) is 42.0 Å². The minimum Gasteiger partial charge on any atom is -0.483 e. The first-order valence-electron chi connectivity index (χ1n) is 14.8. The van der Waals surface area contributed by atoms with Gasteiger partial charge in [0.15, 0.2) is 6.61 Å². The van der Waals surface area contributed by atoms with Crippen molar-refractivity contribution in [3.63, 3.8) is 0 Å². The van der Waals surface area contributed by atoms with E-state index in [4.69, 9.17) is 4.74 Å². The normalized spacial score (nSPS) is 31.2. The number of H-pyrrole nitrogens is 1. The molecule has 10 heteroatoms. The number of nitrogens with one attached hydrogen (secondary N) is 1. The summed E-state index contributed by atoms with van der Waals surface area (Å²) < 4.78 is 6.24. The minimum atomic E-state index is -0.363. The second-order valence-corrected chi connectivity index (χ2v) is 14.3. The molecule has 4 fully saturated rings. The van der Waals surface area contributed by atoms with E-state index in [1.165, 1.54) is 16.2 Å². The Kier molecular flexibility index (Phi) is 6.33. The van der Waals surface area contributed by atoms with Crippen LogP contribution in [0, 0.1) is 29.6 Å². The fourth-order valence-electron chi connectivity index (χ4n) is 8.44. The van der Waals surface area contributed by atoms with Gasteiger partial charge in [0.2, 0.25) is 11.8 Å². The number of carbonyl (C=O) groups is 3. The van der Waals surface area contributed by atoms with Crippen LogP contribution in [0.5, 0.6) is 5.75 Å². The number of carbonyl (C=O) groups excluding carboxylic acids is 3. The predicted molar refractivity (Wildman–Crippen MR) is 160 cm³/mol. The molecule has 2 saturated carbocycles. The third-order valence-corrected chi connectivity index (χ3v) is 12.6. The molecule has 8 nitrogen and oxygen atoms in total. The van der Waals surface area contributed by atoms with Crippen LogP contribution >= 0.6 is 23.1 Å². The number of piperidine rings is 1. The van der Waals surface area contributed by atoms with Crippen LogP contribution in [0.4, 0.5) is 5.69 Å². The van der Waals surface area contributed by atoms with Crippen LogP contribution in [-0.4, -0.2) is 52.6 Å². The van der Waals surface area contributed by atoms with Gasteiger partial charge in [-0.15, -0.1) is 11.8 Å². The van der Waals surface area contributed by atoms with Crippen LogP contribution in [0.25, 0.3) is 0 Å². The van der Waals surface area contributed by atoms with Crippen molar-refractivity contribution in [1.82, 2.24) is 9.88 Å². The van der Waals surface area contributed by atoms with Crippen LogP contribution in [0.3, 0.4) is 0 Å². The Balaban J connectivity index is 1.15. The van der Waals surface area contributed by atoms with E-state index in [-0.39, 0.29) is 70.0 Å². The zero-order chi connectivity index (χ0) is 28.5. The van der Waals surface area contributed by atoms with E-state index in [9.17, 15) is 19.2 Å². The van der Waals surface area contributed by atoms with Gasteiger partial charge in [0.05, 0.1) is 22.5 Å². The number of hydrogen-bond acceptors (Lipinski definition) is 7. The maximum Gasteiger partial charge on any atom is 0.305 e. The Morgan fingerprint density at radius 3 is 2.40 bits per heavy atom. The first-order chi connectivity index (χ1) is 20.5. The van der Waals surface area contributed by atoms with Gasteiger partial charge in [-0.3, -0.25) is 24.1 Å². The Bertz CT molecular complexity index is 1630. The lowest BCUT2D eigenvalue weighted by atomic mass is 9.68. The number of nitrogens with zero attached hydrogens (tertiary/aromatic N) is 2. The summed E-state index contributed by atoms with van der Waals surface area (Å²) in [6.45, 7) is 1.51. The monoisotopic (exact) mass is 601 g/mol. The molecule has 2 aromatic carbocycles. The largest absolute Gasteiger partial charge is 0.483 e. The molecular formula is C32H31N3O5S2. The van der Waals surface area contributed by atoms with Gasteiger partial charge in [-0.05, 0) is 61.6 Å². The van der Waals surface area contributed by atoms with Gasteiger partial charge in [-0.1, -0.05) is 47.7 Å². The lowest BCUT2D eigenvalue weighted by molar-refractivity contribution is -0.134. The highest BCUT2D eigenvalue weighted by molar-refractivity contribution is 8.00. The zero-order valence-electron chi connectivity index (χ0n) is 22.9. The predicted octanol–water partition coefficient (Wildman–Crippen LogP) is 4.51. The number of aromatic amines is 1. The number of fused-ring (bicyclic) bond motifs is 9. The van der Waals surface area contributed by atoms with E-state index >= 15 is 0 Å². The Morgan fingerprint density at radius 1 is 0.905 bits per heavy atom. The van der Waals surface area contributed by atoms with Gasteiger partial charge in [0.25, 0.3) is 5.91 Å². The van der Waals surface area contributed by atoms with Crippen molar-refractivity contribution in [2.24, 2.45) is 29.6 Å². The average molecular weight is 602 g/mol. The van der Waals surface area contributed by atoms with E-state index in [1.54, 1.807) is 11.8 Å². The molecule has 0 radical (unpaired) electrons. The summed E-state index contributed by atoms with van der Waals surface area (Å²) >= 11 is 2.90. The number of para-hydroxylation sites is 2. The number of anilines is 1. The molecule has 1 N–H and O–H groups in total. The highest BCUT2D eigenvalue weighted by atomic mass is 32.2. The number of amides is 3. The summed E-state index contributed by atoms with van der Waals surface area (Å²) in [4.78, 5) is 60.5. The number of hydrogen-bond donors (Lipinski definition) is 1. The highest BCUT2D eigenvalue weighted by Gasteiger charge is 2.69. The van der Waals surface area contributed by atoms with Crippen LogP contribution in [-0.2, 0) is 14.4 Å². The van der Waals surface area contributed by atoms with Crippen molar-refractivity contribution >= 4 is 46.5 Å². The third kappa shape index (κ3) is 3.94. The van der Waals surface area contributed by atoms with Gasteiger partial charge in [-0.25, -0.2) is 0 Å². The molecule has 3 aromatic rings. The number of benzene rings is 2. The molecule has 2 bridgehead atoms. The van der Waals surface area contributed by atoms with E-state index in [1.807, 2.05) is 59.5 Å². The number of rotatable bonds is 5. The molecule has 7 atom stereocenters. The molecule has 4 heterocycles. The standard InChI is InChI=1S/C32H31N3O5S2/c36-22(34-13-7-2-8-14-34)16-40-21-12-6-5-11-18(21)23-24-19-15-20(27(24)41-29-28(23)42-32(39)33-29)26-25(19)30(37)35(31(26)38)17-9-3-1-4-10-17/h1,3-6,9-12,19-20,23-27H,2,7-8,13-16H2,(H,33,39)/t19?,20?,23-,24?,25?,26?,27?/m1/s1. The van der Waals surface area contributed by atoms with Gasteiger partial charge in [-0.2, -0.15) is 0 Å². The topological polar surface area (TPSA) is 99.8 Å². The first kappa shape index (κ1) is 26.3. The molecule has 2 saturated heterocycles. The summed E-state index contributed by atoms with van der Waals surface area (Å²) in [5.74, 6) is -0.294. The van der Waals surface area contributed by atoms with Crippen molar-refractivity contribution in [3.8, 4) is 5.75 Å². The van der Waals surface area contributed by atoms with E-state index in [2.05, 4.69) is 4.98 Å². The molecule has 3 amide bonds. The van der Waals surface area contributed by atoms with Gasteiger partial charge in [0, 0.05) is 34.7 Å². The Labute approximate surface area is 251 Å². The number of ether oxygens (including phenoxy) is 1. The zero-order valence-corrected chi connectivity index (χ0v) is 24.6. The quantitative estimate of drug-likeness (QED) is 0.433. The van der Waals surface area contributed by atoms with E-state index < -0.39 is 0 Å². The van der Waals surface area contributed by atoms with E-state index in [0.29, 0.717) is 11.4 Å². The molecule has 42 heavy (non-hydrogen) atoms. The number of thioether (sulfide) groups is 1. The fourth-order valence-corrected chi connectivity index (χ4v) is 11.3. The molecular weight excluding hydrogens is 571 g/mol. The fraction of sp³-hybridized carbons (Fsp3) is 0.438. The van der Waals surface area contributed by atoms with Gasteiger partial charge < -0.3 is 14.6 Å². The van der Waals surface area contributed by atoms with Crippen LogP contribution in [0.15, 0.2) is 64.4 Å². The summed E-state index contributed by atoms with van der Waals surface area (Å²) in [5.41, 5.74) is 1.57. The lowest BCUT2D eigenvalue weighted by Crippen LogP contribution is -2.43. The summed E-state index contributed by atoms with van der Waals surface area (Å²) in [5, 5.41) is 0.950. The number of aromatic nitrogens is 1. The molecule has 216 valence electrons. The van der Waals surface area contributed by atoms with Crippen molar-refractivity contribution in [3.05, 3.63) is 74.7 Å². The molecule has 0 spiro atoms. The maximum absolute atomic E-state index is 13.9. The Hall–Kier alpha value is -3.37. The minimum absolute atomic E-state index is 0.00703. The summed E-state index contributed by atoms with van der Waals surface area (Å²) in [6, 6.07) is 17.1. The average Bonchev–Trinajstić information content (AvgIpc) is 3.75. The maximum atomic E-state index is 13.9. The first-order valence-corrected chi connectivity index (χ1v) is 16.5. The molecule has 3 aliphatic heterocycles. The number of thiazole rings is 1. The highest BCUT2D eigenvalue weighted by Crippen LogP contribution is 2.69. The number of imide groups is 1. The van der Waals surface area contributed by atoms with Crippen LogP contribution < -0.4 is 14.5 Å². The number of likely N-dealkylation sites (tertiary alicyclic amines) is 1.